The second-order valence-electron chi connectivity index (χ2n) is 4.01. The van der Waals surface area contributed by atoms with Crippen LogP contribution in [-0.2, 0) is 4.79 Å². The molecule has 1 amide bonds. The van der Waals surface area contributed by atoms with Gasteiger partial charge in [0.05, 0.1) is 5.75 Å². The van der Waals surface area contributed by atoms with Crippen LogP contribution in [0, 0.1) is 6.92 Å². The van der Waals surface area contributed by atoms with Gasteiger partial charge in [0.15, 0.2) is 6.29 Å². The van der Waals surface area contributed by atoms with Gasteiger partial charge in [0, 0.05) is 23.5 Å². The van der Waals surface area contributed by atoms with E-state index in [4.69, 9.17) is 0 Å². The van der Waals surface area contributed by atoms with Gasteiger partial charge in [0.25, 0.3) is 0 Å². The molecule has 0 radical (unpaired) electrons. The van der Waals surface area contributed by atoms with E-state index in [1.54, 1.807) is 4.90 Å². The molecule has 0 heterocycles. The Morgan fingerprint density at radius 1 is 1.33 bits per heavy atom. The van der Waals surface area contributed by atoms with Crippen molar-refractivity contribution < 1.29 is 9.59 Å². The molecule has 0 fully saturated rings. The van der Waals surface area contributed by atoms with Crippen molar-refractivity contribution in [2.75, 3.05) is 18.8 Å². The summed E-state index contributed by atoms with van der Waals surface area (Å²) >= 11 is 1.43. The predicted octanol–water partition coefficient (Wildman–Crippen LogP) is 2.77. The summed E-state index contributed by atoms with van der Waals surface area (Å²) in [5, 5.41) is 0. The minimum Gasteiger partial charge on any atom is -0.343 e. The van der Waals surface area contributed by atoms with E-state index in [0.717, 1.165) is 29.8 Å². The first-order valence-electron chi connectivity index (χ1n) is 6.08. The SMILES string of the molecule is CCN(CC)C(=O)CSc1ccc(C)cc1C=O. The highest BCUT2D eigenvalue weighted by Crippen LogP contribution is 2.23. The first kappa shape index (κ1) is 14.8. The summed E-state index contributed by atoms with van der Waals surface area (Å²) in [4.78, 5) is 25.5. The van der Waals surface area contributed by atoms with Crippen molar-refractivity contribution in [2.45, 2.75) is 25.7 Å². The van der Waals surface area contributed by atoms with Gasteiger partial charge in [-0.15, -0.1) is 11.8 Å². The molecule has 0 atom stereocenters. The Labute approximate surface area is 113 Å². The molecule has 1 aromatic rings. The number of carbonyl (C=O) groups excluding carboxylic acids is 2. The number of hydrogen-bond acceptors (Lipinski definition) is 3. The number of thioether (sulfide) groups is 1. The second kappa shape index (κ2) is 7.21. The zero-order chi connectivity index (χ0) is 13.5. The standard InChI is InChI=1S/C14H19NO2S/c1-4-15(5-2)14(17)10-18-13-7-6-11(3)8-12(13)9-16/h6-9H,4-5,10H2,1-3H3. The summed E-state index contributed by atoms with van der Waals surface area (Å²) in [6, 6.07) is 5.70. The van der Waals surface area contributed by atoms with Crippen LogP contribution in [-0.4, -0.2) is 35.9 Å². The fraction of sp³-hybridized carbons (Fsp3) is 0.429. The molecule has 0 saturated heterocycles. The van der Waals surface area contributed by atoms with Gasteiger partial charge >= 0.3 is 0 Å². The van der Waals surface area contributed by atoms with Crippen molar-refractivity contribution in [2.24, 2.45) is 0 Å². The molecule has 0 bridgehead atoms. The molecule has 0 saturated carbocycles. The minimum atomic E-state index is 0.113. The number of benzene rings is 1. The molecule has 1 aromatic carbocycles. The quantitative estimate of drug-likeness (QED) is 0.586. The molecule has 3 nitrogen and oxygen atoms in total. The number of amides is 1. The summed E-state index contributed by atoms with van der Waals surface area (Å²) in [7, 11) is 0. The number of aldehydes is 1. The van der Waals surface area contributed by atoms with Crippen LogP contribution in [0.25, 0.3) is 0 Å². The van der Waals surface area contributed by atoms with Crippen LogP contribution in [0.1, 0.15) is 29.8 Å². The molecule has 0 unspecified atom stereocenters. The Kier molecular flexibility index (Phi) is 5.92. The van der Waals surface area contributed by atoms with E-state index in [1.165, 1.54) is 11.8 Å². The second-order valence-corrected chi connectivity index (χ2v) is 5.03. The summed E-state index contributed by atoms with van der Waals surface area (Å²) in [6.07, 6.45) is 0.844. The molecule has 98 valence electrons. The first-order chi connectivity index (χ1) is 8.62. The minimum absolute atomic E-state index is 0.113. The lowest BCUT2D eigenvalue weighted by atomic mass is 10.2. The molecule has 0 aliphatic rings. The number of carbonyl (C=O) groups is 2. The van der Waals surface area contributed by atoms with E-state index in [2.05, 4.69) is 0 Å². The van der Waals surface area contributed by atoms with E-state index in [9.17, 15) is 9.59 Å². The number of nitrogens with zero attached hydrogens (tertiary/aromatic N) is 1. The molecule has 0 aliphatic carbocycles. The molecule has 4 heteroatoms. The van der Waals surface area contributed by atoms with Gasteiger partial charge in [-0.3, -0.25) is 9.59 Å². The molecule has 0 N–H and O–H groups in total. The molecular weight excluding hydrogens is 246 g/mol. The Bertz CT molecular complexity index is 428. The maximum absolute atomic E-state index is 11.9. The zero-order valence-electron chi connectivity index (χ0n) is 11.1. The number of hydrogen-bond donors (Lipinski definition) is 0. The Hall–Kier alpha value is -1.29. The van der Waals surface area contributed by atoms with Gasteiger partial charge < -0.3 is 4.90 Å². The number of rotatable bonds is 6. The fourth-order valence-electron chi connectivity index (χ4n) is 1.70. The van der Waals surface area contributed by atoms with Crippen LogP contribution in [0.4, 0.5) is 0 Å². The molecule has 18 heavy (non-hydrogen) atoms. The van der Waals surface area contributed by atoms with Gasteiger partial charge in [0.1, 0.15) is 0 Å². The Morgan fingerprint density at radius 3 is 2.56 bits per heavy atom. The average molecular weight is 265 g/mol. The third-order valence-corrected chi connectivity index (χ3v) is 3.83. The maximum Gasteiger partial charge on any atom is 0.232 e. The molecule has 0 aromatic heterocycles. The third-order valence-electron chi connectivity index (χ3n) is 2.76. The van der Waals surface area contributed by atoms with Crippen LogP contribution in [0.2, 0.25) is 0 Å². The summed E-state index contributed by atoms with van der Waals surface area (Å²) in [6.45, 7) is 7.33. The van der Waals surface area contributed by atoms with Gasteiger partial charge in [0.2, 0.25) is 5.91 Å². The van der Waals surface area contributed by atoms with E-state index < -0.39 is 0 Å². The predicted molar refractivity (Wildman–Crippen MR) is 75.2 cm³/mol. The Morgan fingerprint density at radius 2 is 2.00 bits per heavy atom. The lowest BCUT2D eigenvalue weighted by molar-refractivity contribution is -0.127. The van der Waals surface area contributed by atoms with Crippen LogP contribution in [0.15, 0.2) is 23.1 Å². The van der Waals surface area contributed by atoms with E-state index in [-0.39, 0.29) is 5.91 Å². The van der Waals surface area contributed by atoms with Crippen molar-refractivity contribution in [3.05, 3.63) is 29.3 Å². The molecular formula is C14H19NO2S. The normalized spacial score (nSPS) is 10.2. The Balaban J connectivity index is 2.69. The lowest BCUT2D eigenvalue weighted by Gasteiger charge is -2.18. The van der Waals surface area contributed by atoms with Gasteiger partial charge in [-0.05, 0) is 32.9 Å². The van der Waals surface area contributed by atoms with Crippen LogP contribution in [0.3, 0.4) is 0 Å². The van der Waals surface area contributed by atoms with Crippen molar-refractivity contribution in [1.82, 2.24) is 4.90 Å². The van der Waals surface area contributed by atoms with Crippen molar-refractivity contribution in [1.29, 1.82) is 0 Å². The zero-order valence-corrected chi connectivity index (χ0v) is 11.9. The topological polar surface area (TPSA) is 37.4 Å². The highest BCUT2D eigenvalue weighted by atomic mass is 32.2. The maximum atomic E-state index is 11.9. The molecule has 0 spiro atoms. The average Bonchev–Trinajstić information content (AvgIpc) is 2.38. The number of aryl methyl sites for hydroxylation is 1. The van der Waals surface area contributed by atoms with Crippen LogP contribution in [0.5, 0.6) is 0 Å². The lowest BCUT2D eigenvalue weighted by Crippen LogP contribution is -2.31. The van der Waals surface area contributed by atoms with Crippen molar-refractivity contribution >= 4 is 24.0 Å². The largest absolute Gasteiger partial charge is 0.343 e. The fourth-order valence-corrected chi connectivity index (χ4v) is 2.60. The van der Waals surface area contributed by atoms with Crippen LogP contribution >= 0.6 is 11.8 Å². The van der Waals surface area contributed by atoms with Crippen molar-refractivity contribution in [3.63, 3.8) is 0 Å². The monoisotopic (exact) mass is 265 g/mol. The third kappa shape index (κ3) is 3.88. The highest BCUT2D eigenvalue weighted by molar-refractivity contribution is 8.00. The summed E-state index contributed by atoms with van der Waals surface area (Å²) in [5.74, 6) is 0.494. The van der Waals surface area contributed by atoms with Gasteiger partial charge in [-0.25, -0.2) is 0 Å². The van der Waals surface area contributed by atoms with E-state index in [0.29, 0.717) is 11.3 Å². The molecule has 1 rings (SSSR count). The van der Waals surface area contributed by atoms with Gasteiger partial charge in [-0.1, -0.05) is 11.6 Å². The van der Waals surface area contributed by atoms with Crippen LogP contribution < -0.4 is 0 Å². The summed E-state index contributed by atoms with van der Waals surface area (Å²) < 4.78 is 0. The van der Waals surface area contributed by atoms with Crippen molar-refractivity contribution in [3.8, 4) is 0 Å². The smallest absolute Gasteiger partial charge is 0.232 e. The van der Waals surface area contributed by atoms with E-state index in [1.807, 2.05) is 39.0 Å². The van der Waals surface area contributed by atoms with Gasteiger partial charge in [-0.2, -0.15) is 0 Å². The summed E-state index contributed by atoms with van der Waals surface area (Å²) in [5.41, 5.74) is 1.71. The molecule has 0 aliphatic heterocycles. The highest BCUT2D eigenvalue weighted by Gasteiger charge is 2.11. The first-order valence-corrected chi connectivity index (χ1v) is 7.07. The van der Waals surface area contributed by atoms with E-state index >= 15 is 0 Å².